The van der Waals surface area contributed by atoms with E-state index in [2.05, 4.69) is 21.2 Å². The first-order valence-electron chi connectivity index (χ1n) is 6.48. The van der Waals surface area contributed by atoms with Gasteiger partial charge in [-0.25, -0.2) is 0 Å². The Balaban J connectivity index is 1.83. The standard InChI is InChI=1S/C16H15BrClNO2/c1-11(12-2-4-13(17)5-3-12)19-16(20)10-21-15-8-6-14(18)7-9-15/h2-9,11H,10H2,1H3,(H,19,20)/t11-/m0/s1. The van der Waals surface area contributed by atoms with Crippen LogP contribution in [0.5, 0.6) is 5.75 Å². The summed E-state index contributed by atoms with van der Waals surface area (Å²) in [7, 11) is 0. The topological polar surface area (TPSA) is 38.3 Å². The average molecular weight is 369 g/mol. The van der Waals surface area contributed by atoms with E-state index in [1.807, 2.05) is 31.2 Å². The second-order valence-corrected chi connectivity index (χ2v) is 5.94. The number of carbonyl (C=O) groups excluding carboxylic acids is 1. The zero-order chi connectivity index (χ0) is 15.2. The lowest BCUT2D eigenvalue weighted by molar-refractivity contribution is -0.123. The molecule has 5 heteroatoms. The van der Waals surface area contributed by atoms with Crippen molar-refractivity contribution in [2.24, 2.45) is 0 Å². The summed E-state index contributed by atoms with van der Waals surface area (Å²) in [6, 6.07) is 14.7. The van der Waals surface area contributed by atoms with E-state index < -0.39 is 0 Å². The fourth-order valence-corrected chi connectivity index (χ4v) is 2.19. The highest BCUT2D eigenvalue weighted by molar-refractivity contribution is 9.10. The van der Waals surface area contributed by atoms with Crippen molar-refractivity contribution in [1.82, 2.24) is 5.32 Å². The molecule has 0 unspecified atom stereocenters. The molecule has 0 aliphatic rings. The normalized spacial score (nSPS) is 11.8. The zero-order valence-electron chi connectivity index (χ0n) is 11.5. The molecule has 0 aliphatic heterocycles. The van der Waals surface area contributed by atoms with Gasteiger partial charge >= 0.3 is 0 Å². The summed E-state index contributed by atoms with van der Waals surface area (Å²) in [5.74, 6) is 0.450. The number of amides is 1. The van der Waals surface area contributed by atoms with Crippen LogP contribution in [-0.2, 0) is 4.79 Å². The number of hydrogen-bond acceptors (Lipinski definition) is 2. The van der Waals surface area contributed by atoms with Gasteiger partial charge in [-0.2, -0.15) is 0 Å². The minimum absolute atomic E-state index is 0.0253. The van der Waals surface area contributed by atoms with Gasteiger partial charge in [-0.1, -0.05) is 39.7 Å². The van der Waals surface area contributed by atoms with Crippen molar-refractivity contribution >= 4 is 33.4 Å². The van der Waals surface area contributed by atoms with E-state index in [1.54, 1.807) is 24.3 Å². The molecule has 0 saturated carbocycles. The van der Waals surface area contributed by atoms with Crippen molar-refractivity contribution in [2.45, 2.75) is 13.0 Å². The molecular weight excluding hydrogens is 354 g/mol. The molecule has 2 rings (SSSR count). The van der Waals surface area contributed by atoms with Crippen LogP contribution in [-0.4, -0.2) is 12.5 Å². The third-order valence-electron chi connectivity index (χ3n) is 2.93. The average Bonchev–Trinajstić information content (AvgIpc) is 2.47. The van der Waals surface area contributed by atoms with Gasteiger partial charge in [0.05, 0.1) is 6.04 Å². The van der Waals surface area contributed by atoms with Crippen LogP contribution in [0.2, 0.25) is 5.02 Å². The molecule has 0 bridgehead atoms. The molecule has 0 fully saturated rings. The number of ether oxygens (including phenoxy) is 1. The summed E-state index contributed by atoms with van der Waals surface area (Å²) in [5.41, 5.74) is 1.04. The highest BCUT2D eigenvalue weighted by Crippen LogP contribution is 2.17. The molecule has 0 radical (unpaired) electrons. The van der Waals surface area contributed by atoms with Crippen LogP contribution in [0.25, 0.3) is 0 Å². The highest BCUT2D eigenvalue weighted by Gasteiger charge is 2.10. The molecule has 110 valence electrons. The van der Waals surface area contributed by atoms with Crippen LogP contribution in [0.4, 0.5) is 0 Å². The minimum Gasteiger partial charge on any atom is -0.484 e. The molecular formula is C16H15BrClNO2. The summed E-state index contributed by atoms with van der Waals surface area (Å²) in [4.78, 5) is 11.9. The number of benzene rings is 2. The van der Waals surface area contributed by atoms with E-state index in [-0.39, 0.29) is 18.6 Å². The molecule has 0 spiro atoms. The Morgan fingerprint density at radius 1 is 1.19 bits per heavy atom. The van der Waals surface area contributed by atoms with Gasteiger partial charge in [0, 0.05) is 9.50 Å². The molecule has 2 aromatic carbocycles. The van der Waals surface area contributed by atoms with Crippen LogP contribution < -0.4 is 10.1 Å². The quantitative estimate of drug-likeness (QED) is 0.851. The van der Waals surface area contributed by atoms with E-state index in [4.69, 9.17) is 16.3 Å². The van der Waals surface area contributed by atoms with Crippen molar-refractivity contribution in [3.63, 3.8) is 0 Å². The molecule has 1 amide bonds. The lowest BCUT2D eigenvalue weighted by atomic mass is 10.1. The van der Waals surface area contributed by atoms with Crippen molar-refractivity contribution in [3.8, 4) is 5.75 Å². The molecule has 21 heavy (non-hydrogen) atoms. The van der Waals surface area contributed by atoms with Gasteiger partial charge in [0.2, 0.25) is 0 Å². The predicted octanol–water partition coefficient (Wildman–Crippen LogP) is 4.36. The Hall–Kier alpha value is -1.52. The number of hydrogen-bond donors (Lipinski definition) is 1. The smallest absolute Gasteiger partial charge is 0.258 e. The van der Waals surface area contributed by atoms with E-state index in [0.717, 1.165) is 10.0 Å². The minimum atomic E-state index is -0.166. The van der Waals surface area contributed by atoms with Gasteiger partial charge in [-0.15, -0.1) is 0 Å². The third-order valence-corrected chi connectivity index (χ3v) is 3.71. The first-order chi connectivity index (χ1) is 10.0. The summed E-state index contributed by atoms with van der Waals surface area (Å²) < 4.78 is 6.41. The van der Waals surface area contributed by atoms with E-state index in [9.17, 15) is 4.79 Å². The maximum atomic E-state index is 11.9. The molecule has 0 aromatic heterocycles. The molecule has 0 saturated heterocycles. The van der Waals surface area contributed by atoms with Gasteiger partial charge in [-0.05, 0) is 48.9 Å². The Morgan fingerprint density at radius 3 is 2.43 bits per heavy atom. The molecule has 0 aliphatic carbocycles. The third kappa shape index (κ3) is 5.06. The van der Waals surface area contributed by atoms with Gasteiger partial charge in [0.15, 0.2) is 6.61 Å². The number of rotatable bonds is 5. The van der Waals surface area contributed by atoms with Crippen LogP contribution in [0.1, 0.15) is 18.5 Å². The fraction of sp³-hybridized carbons (Fsp3) is 0.188. The molecule has 0 heterocycles. The van der Waals surface area contributed by atoms with Gasteiger partial charge in [0.25, 0.3) is 5.91 Å². The molecule has 3 nitrogen and oxygen atoms in total. The van der Waals surface area contributed by atoms with Gasteiger partial charge < -0.3 is 10.1 Å². The number of carbonyl (C=O) groups is 1. The van der Waals surface area contributed by atoms with Crippen LogP contribution in [0.3, 0.4) is 0 Å². The van der Waals surface area contributed by atoms with Crippen molar-refractivity contribution in [2.75, 3.05) is 6.61 Å². The Labute approximate surface area is 137 Å². The fourth-order valence-electron chi connectivity index (χ4n) is 1.80. The monoisotopic (exact) mass is 367 g/mol. The SMILES string of the molecule is C[C@H](NC(=O)COc1ccc(Cl)cc1)c1ccc(Br)cc1. The summed E-state index contributed by atoms with van der Waals surface area (Å²) in [6.07, 6.45) is 0. The first kappa shape index (κ1) is 15.9. The lowest BCUT2D eigenvalue weighted by Gasteiger charge is -2.15. The maximum absolute atomic E-state index is 11.9. The maximum Gasteiger partial charge on any atom is 0.258 e. The predicted molar refractivity (Wildman–Crippen MR) is 87.6 cm³/mol. The van der Waals surface area contributed by atoms with Crippen LogP contribution in [0, 0.1) is 0 Å². The van der Waals surface area contributed by atoms with E-state index in [1.165, 1.54) is 0 Å². The summed E-state index contributed by atoms with van der Waals surface area (Å²) >= 11 is 9.17. The van der Waals surface area contributed by atoms with Crippen molar-refractivity contribution in [3.05, 3.63) is 63.6 Å². The van der Waals surface area contributed by atoms with Crippen molar-refractivity contribution < 1.29 is 9.53 Å². The van der Waals surface area contributed by atoms with Crippen LogP contribution >= 0.6 is 27.5 Å². The van der Waals surface area contributed by atoms with E-state index >= 15 is 0 Å². The lowest BCUT2D eigenvalue weighted by Crippen LogP contribution is -2.31. The largest absolute Gasteiger partial charge is 0.484 e. The van der Waals surface area contributed by atoms with E-state index in [0.29, 0.717) is 10.8 Å². The molecule has 1 N–H and O–H groups in total. The summed E-state index contributed by atoms with van der Waals surface area (Å²) in [5, 5.41) is 3.53. The Bertz CT molecular complexity index is 599. The second kappa shape index (κ2) is 7.48. The second-order valence-electron chi connectivity index (χ2n) is 4.58. The first-order valence-corrected chi connectivity index (χ1v) is 7.65. The number of nitrogens with one attached hydrogen (secondary N) is 1. The van der Waals surface area contributed by atoms with Gasteiger partial charge in [-0.3, -0.25) is 4.79 Å². The Kier molecular flexibility index (Phi) is 5.65. The Morgan fingerprint density at radius 2 is 1.81 bits per heavy atom. The molecule has 2 aromatic rings. The van der Waals surface area contributed by atoms with Gasteiger partial charge in [0.1, 0.15) is 5.75 Å². The zero-order valence-corrected chi connectivity index (χ0v) is 13.8. The highest BCUT2D eigenvalue weighted by atomic mass is 79.9. The van der Waals surface area contributed by atoms with Crippen molar-refractivity contribution in [1.29, 1.82) is 0 Å². The molecule has 1 atom stereocenters. The summed E-state index contributed by atoms with van der Waals surface area (Å²) in [6.45, 7) is 1.91. The number of halogens is 2. The van der Waals surface area contributed by atoms with Crippen LogP contribution in [0.15, 0.2) is 53.0 Å².